The Morgan fingerprint density at radius 1 is 1.61 bits per heavy atom. The average Bonchev–Trinajstić information content (AvgIpc) is 2.89. The fourth-order valence-corrected chi connectivity index (χ4v) is 2.46. The molecule has 18 heavy (non-hydrogen) atoms. The molecule has 0 saturated carbocycles. The molecule has 0 bridgehead atoms. The van der Waals surface area contributed by atoms with Crippen molar-refractivity contribution in [1.82, 2.24) is 14.8 Å². The van der Waals surface area contributed by atoms with E-state index in [4.69, 9.17) is 0 Å². The predicted octanol–water partition coefficient (Wildman–Crippen LogP) is 0.286. The molecule has 0 aromatic carbocycles. The molecule has 0 unspecified atom stereocenters. The molecule has 1 saturated heterocycles. The van der Waals surface area contributed by atoms with Gasteiger partial charge in [-0.2, -0.15) is 0 Å². The van der Waals surface area contributed by atoms with Crippen LogP contribution in [0.5, 0.6) is 0 Å². The topological polar surface area (TPSA) is 59.6 Å². The number of aromatic nitrogens is 1. The summed E-state index contributed by atoms with van der Waals surface area (Å²) in [6.07, 6.45) is 1.89. The first-order valence-corrected chi connectivity index (χ1v) is 6.29. The molecule has 2 rings (SSSR count). The molecule has 1 fully saturated rings. The summed E-state index contributed by atoms with van der Waals surface area (Å²) in [7, 11) is 3.77. The Kier molecular flexibility index (Phi) is 4.04. The molecule has 1 amide bonds. The average molecular weight is 251 g/mol. The van der Waals surface area contributed by atoms with Crippen LogP contribution in [-0.2, 0) is 11.3 Å². The summed E-state index contributed by atoms with van der Waals surface area (Å²) < 4.78 is 0. The second-order valence-electron chi connectivity index (χ2n) is 5.20. The van der Waals surface area contributed by atoms with Crippen molar-refractivity contribution >= 4 is 5.91 Å². The van der Waals surface area contributed by atoms with Crippen LogP contribution in [0.15, 0.2) is 18.3 Å². The summed E-state index contributed by atoms with van der Waals surface area (Å²) in [5.41, 5.74) is 1.02. The fraction of sp³-hybridized carbons (Fsp3) is 0.615. The zero-order valence-electron chi connectivity index (χ0n) is 11.0. The molecule has 5 heteroatoms. The number of likely N-dealkylation sites (tertiary alicyclic amines) is 1. The summed E-state index contributed by atoms with van der Waals surface area (Å²) in [6, 6.07) is 3.88. The van der Waals surface area contributed by atoms with E-state index in [-0.39, 0.29) is 17.9 Å². The van der Waals surface area contributed by atoms with Crippen LogP contribution in [0.1, 0.15) is 12.1 Å². The predicted molar refractivity (Wildman–Crippen MR) is 68.9 cm³/mol. The third-order valence-corrected chi connectivity index (χ3v) is 3.52. The smallest absolute Gasteiger partial charge is 0.223 e. The normalized spacial score (nSPS) is 24.4. The summed E-state index contributed by atoms with van der Waals surface area (Å²) in [4.78, 5) is 18.9. The highest BCUT2D eigenvalue weighted by Gasteiger charge is 2.31. The summed E-state index contributed by atoms with van der Waals surface area (Å²) in [6.45, 7) is 2.05. The van der Waals surface area contributed by atoms with Gasteiger partial charge in [-0.05, 0) is 19.2 Å². The van der Waals surface area contributed by atoms with Crippen LogP contribution in [0.2, 0.25) is 0 Å². The molecule has 2 heterocycles. The van der Waals surface area contributed by atoms with Crippen LogP contribution in [0.25, 0.3) is 0 Å². The number of likely N-dealkylation sites (N-methyl/N-ethyl adjacent to an activating group) is 1. The number of β-amino-alcohol motifs (C(OH)–C–C–N with tert-alkyl or cyclic N) is 1. The molecule has 100 valence electrons. The van der Waals surface area contributed by atoms with Crippen molar-refractivity contribution in [3.05, 3.63) is 24.0 Å². The zero-order valence-corrected chi connectivity index (χ0v) is 11.0. The molecule has 0 radical (unpaired) electrons. The number of rotatable bonds is 4. The van der Waals surface area contributed by atoms with Crippen molar-refractivity contribution in [2.75, 3.05) is 27.2 Å². The number of aromatic amines is 1. The van der Waals surface area contributed by atoms with Gasteiger partial charge in [-0.3, -0.25) is 4.79 Å². The lowest BCUT2D eigenvalue weighted by molar-refractivity contribution is -0.132. The first kappa shape index (κ1) is 13.1. The fourth-order valence-electron chi connectivity index (χ4n) is 2.46. The van der Waals surface area contributed by atoms with Gasteiger partial charge in [-0.15, -0.1) is 0 Å². The van der Waals surface area contributed by atoms with Crippen LogP contribution in [0, 0.1) is 5.92 Å². The van der Waals surface area contributed by atoms with E-state index in [0.717, 1.165) is 12.2 Å². The summed E-state index contributed by atoms with van der Waals surface area (Å²) >= 11 is 0. The quantitative estimate of drug-likeness (QED) is 0.808. The number of carbonyl (C=O) groups is 1. The maximum atomic E-state index is 12.1. The first-order chi connectivity index (χ1) is 8.56. The maximum absolute atomic E-state index is 12.1. The minimum absolute atomic E-state index is 0.0635. The van der Waals surface area contributed by atoms with E-state index < -0.39 is 0 Å². The molecular formula is C13H21N3O2. The number of nitrogens with one attached hydrogen (secondary N) is 1. The van der Waals surface area contributed by atoms with Crippen molar-refractivity contribution < 1.29 is 9.90 Å². The lowest BCUT2D eigenvalue weighted by Gasteiger charge is -2.20. The highest BCUT2D eigenvalue weighted by Crippen LogP contribution is 2.20. The number of H-pyrrole nitrogens is 1. The molecular weight excluding hydrogens is 230 g/mol. The Hall–Kier alpha value is -1.33. The van der Waals surface area contributed by atoms with Crippen LogP contribution in [0.4, 0.5) is 0 Å². The van der Waals surface area contributed by atoms with Crippen molar-refractivity contribution in [1.29, 1.82) is 0 Å². The van der Waals surface area contributed by atoms with Crippen LogP contribution in [0.3, 0.4) is 0 Å². The third kappa shape index (κ3) is 3.11. The van der Waals surface area contributed by atoms with Crippen LogP contribution >= 0.6 is 0 Å². The first-order valence-electron chi connectivity index (χ1n) is 6.29. The minimum Gasteiger partial charge on any atom is -0.391 e. The number of nitrogens with zero attached hydrogens (tertiary/aromatic N) is 2. The summed E-state index contributed by atoms with van der Waals surface area (Å²) in [5.74, 6) is 0.151. The highest BCUT2D eigenvalue weighted by molar-refractivity contribution is 5.76. The molecule has 1 aliphatic heterocycles. The van der Waals surface area contributed by atoms with Crippen molar-refractivity contribution in [3.63, 3.8) is 0 Å². The molecule has 5 nitrogen and oxygen atoms in total. The van der Waals surface area contributed by atoms with Crippen molar-refractivity contribution in [2.24, 2.45) is 5.92 Å². The van der Waals surface area contributed by atoms with Gasteiger partial charge < -0.3 is 19.9 Å². The number of aliphatic hydroxyl groups excluding tert-OH is 1. The molecule has 1 aliphatic rings. The van der Waals surface area contributed by atoms with Crippen LogP contribution < -0.4 is 0 Å². The third-order valence-electron chi connectivity index (χ3n) is 3.52. The Morgan fingerprint density at radius 3 is 2.94 bits per heavy atom. The van der Waals surface area contributed by atoms with E-state index in [0.29, 0.717) is 19.5 Å². The van der Waals surface area contributed by atoms with Gasteiger partial charge in [-0.25, -0.2) is 0 Å². The van der Waals surface area contributed by atoms with Crippen molar-refractivity contribution in [2.45, 2.75) is 19.1 Å². The molecule has 0 aliphatic carbocycles. The van der Waals surface area contributed by atoms with Crippen LogP contribution in [-0.4, -0.2) is 59.1 Å². The maximum Gasteiger partial charge on any atom is 0.223 e. The standard InChI is InChI=1S/C13H21N3O2/c1-15-7-10(12(17)9-15)6-13(18)16(2)8-11-4-3-5-14-11/h3-5,10,12,14,17H,6-9H2,1-2H3/t10-,12-/m1/s1. The molecule has 2 atom stereocenters. The second-order valence-corrected chi connectivity index (χ2v) is 5.20. The minimum atomic E-state index is -0.377. The van der Waals surface area contributed by atoms with Gasteiger partial charge in [0.15, 0.2) is 0 Å². The van der Waals surface area contributed by atoms with E-state index in [1.807, 2.05) is 25.4 Å². The van der Waals surface area contributed by atoms with E-state index in [9.17, 15) is 9.90 Å². The number of hydrogen-bond donors (Lipinski definition) is 2. The largest absolute Gasteiger partial charge is 0.391 e. The monoisotopic (exact) mass is 251 g/mol. The van der Waals surface area contributed by atoms with Gasteiger partial charge in [0.1, 0.15) is 0 Å². The van der Waals surface area contributed by atoms with E-state index >= 15 is 0 Å². The van der Waals surface area contributed by atoms with Gasteiger partial charge in [0.05, 0.1) is 12.6 Å². The van der Waals surface area contributed by atoms with Gasteiger partial charge in [0.2, 0.25) is 5.91 Å². The Labute approximate surface area is 107 Å². The zero-order chi connectivity index (χ0) is 13.1. The molecule has 1 aromatic rings. The highest BCUT2D eigenvalue weighted by atomic mass is 16.3. The SMILES string of the molecule is CN1C[C@@H](CC(=O)N(C)Cc2ccc[nH]2)[C@H](O)C1. The van der Waals surface area contributed by atoms with E-state index in [1.54, 1.807) is 11.9 Å². The number of amides is 1. The van der Waals surface area contributed by atoms with Gasteiger partial charge in [0.25, 0.3) is 0 Å². The Morgan fingerprint density at radius 2 is 2.39 bits per heavy atom. The molecule has 2 N–H and O–H groups in total. The molecule has 1 aromatic heterocycles. The van der Waals surface area contributed by atoms with E-state index in [1.165, 1.54) is 0 Å². The van der Waals surface area contributed by atoms with Crippen molar-refractivity contribution in [3.8, 4) is 0 Å². The number of carbonyl (C=O) groups excluding carboxylic acids is 1. The summed E-state index contributed by atoms with van der Waals surface area (Å²) in [5, 5.41) is 9.83. The Bertz CT molecular complexity index is 391. The lowest BCUT2D eigenvalue weighted by Crippen LogP contribution is -2.31. The lowest BCUT2D eigenvalue weighted by atomic mass is 10.0. The van der Waals surface area contributed by atoms with Gasteiger partial charge in [-0.1, -0.05) is 0 Å². The Balaban J connectivity index is 1.84. The molecule has 0 spiro atoms. The number of hydrogen-bond acceptors (Lipinski definition) is 3. The second kappa shape index (κ2) is 5.54. The van der Waals surface area contributed by atoms with Gasteiger partial charge >= 0.3 is 0 Å². The van der Waals surface area contributed by atoms with Gasteiger partial charge in [0, 0.05) is 44.4 Å². The number of aliphatic hydroxyl groups is 1. The van der Waals surface area contributed by atoms with E-state index in [2.05, 4.69) is 9.88 Å².